The van der Waals surface area contributed by atoms with Gasteiger partial charge in [-0.25, -0.2) is 4.79 Å². The number of benzene rings is 1. The van der Waals surface area contributed by atoms with Gasteiger partial charge in [0.25, 0.3) is 0 Å². The van der Waals surface area contributed by atoms with E-state index in [1.807, 2.05) is 19.1 Å². The van der Waals surface area contributed by atoms with Gasteiger partial charge in [0.1, 0.15) is 11.1 Å². The SMILES string of the molecule is Cc1ccc2c(c1)C(O)=[N+]([C@H]1CCCNC1)C2=O. The van der Waals surface area contributed by atoms with E-state index in [1.54, 1.807) is 10.6 Å². The molecule has 0 aromatic heterocycles. The molecular formula is C14H17N2O2+. The predicted molar refractivity (Wildman–Crippen MR) is 68.4 cm³/mol. The van der Waals surface area contributed by atoms with Crippen molar-refractivity contribution in [1.82, 2.24) is 5.32 Å². The smallest absolute Gasteiger partial charge is 0.423 e. The van der Waals surface area contributed by atoms with E-state index in [2.05, 4.69) is 5.32 Å². The number of carbonyl (C=O) groups excluding carboxylic acids is 1. The van der Waals surface area contributed by atoms with Gasteiger partial charge in [-0.3, -0.25) is 0 Å². The van der Waals surface area contributed by atoms with Crippen LogP contribution >= 0.6 is 0 Å². The molecule has 0 saturated carbocycles. The fourth-order valence-electron chi connectivity index (χ4n) is 2.78. The Balaban J connectivity index is 2.03. The van der Waals surface area contributed by atoms with Crippen LogP contribution in [0, 0.1) is 6.92 Å². The van der Waals surface area contributed by atoms with Gasteiger partial charge in [0, 0.05) is 6.42 Å². The Kier molecular flexibility index (Phi) is 2.67. The number of fused-ring (bicyclic) bond motifs is 1. The lowest BCUT2D eigenvalue weighted by Gasteiger charge is -2.18. The van der Waals surface area contributed by atoms with Crippen molar-refractivity contribution in [3.05, 3.63) is 34.9 Å². The number of hydrogen-bond donors (Lipinski definition) is 2. The van der Waals surface area contributed by atoms with Gasteiger partial charge in [0.2, 0.25) is 0 Å². The molecule has 0 aliphatic carbocycles. The predicted octanol–water partition coefficient (Wildman–Crippen LogP) is 1.22. The van der Waals surface area contributed by atoms with Crippen LogP contribution in [0.15, 0.2) is 18.2 Å². The highest BCUT2D eigenvalue weighted by Crippen LogP contribution is 2.22. The number of piperidine rings is 1. The van der Waals surface area contributed by atoms with Crippen molar-refractivity contribution in [2.75, 3.05) is 13.1 Å². The zero-order valence-corrected chi connectivity index (χ0v) is 10.4. The monoisotopic (exact) mass is 245 g/mol. The summed E-state index contributed by atoms with van der Waals surface area (Å²) in [5.41, 5.74) is 2.34. The molecule has 4 heteroatoms. The number of aryl methyl sites for hydroxylation is 1. The van der Waals surface area contributed by atoms with Crippen molar-refractivity contribution >= 4 is 11.8 Å². The minimum atomic E-state index is -0.0730. The van der Waals surface area contributed by atoms with Crippen molar-refractivity contribution in [2.45, 2.75) is 25.8 Å². The molecule has 0 unspecified atom stereocenters. The van der Waals surface area contributed by atoms with E-state index in [0.717, 1.165) is 31.5 Å². The summed E-state index contributed by atoms with van der Waals surface area (Å²) in [4.78, 5) is 12.3. The lowest BCUT2D eigenvalue weighted by Crippen LogP contribution is -2.44. The number of aliphatic hydroxyl groups excluding tert-OH is 1. The van der Waals surface area contributed by atoms with Crippen LogP contribution in [0.1, 0.15) is 34.3 Å². The van der Waals surface area contributed by atoms with E-state index in [4.69, 9.17) is 0 Å². The average molecular weight is 245 g/mol. The first-order valence-corrected chi connectivity index (χ1v) is 6.39. The molecule has 2 aliphatic heterocycles. The highest BCUT2D eigenvalue weighted by Gasteiger charge is 2.43. The second kappa shape index (κ2) is 4.21. The molecule has 2 N–H and O–H groups in total. The molecule has 94 valence electrons. The maximum absolute atomic E-state index is 12.3. The first kappa shape index (κ1) is 11.4. The first-order valence-electron chi connectivity index (χ1n) is 6.39. The van der Waals surface area contributed by atoms with Crippen molar-refractivity contribution in [1.29, 1.82) is 0 Å². The quantitative estimate of drug-likeness (QED) is 0.731. The molecule has 1 fully saturated rings. The van der Waals surface area contributed by atoms with E-state index in [9.17, 15) is 9.90 Å². The number of nitrogens with zero attached hydrogens (tertiary/aromatic N) is 1. The van der Waals surface area contributed by atoms with Gasteiger partial charge >= 0.3 is 11.8 Å². The number of nitrogens with one attached hydrogen (secondary N) is 1. The van der Waals surface area contributed by atoms with E-state index >= 15 is 0 Å². The second-order valence-electron chi connectivity index (χ2n) is 5.05. The fraction of sp³-hybridized carbons (Fsp3) is 0.429. The standard InChI is InChI=1S/C14H16N2O2/c1-9-4-5-11-12(7-9)14(18)16(13(11)17)10-3-2-6-15-8-10/h4-5,7,10,15H,2-3,6,8H2,1H3/p+1/t10-/m0/s1. The fourth-order valence-corrected chi connectivity index (χ4v) is 2.78. The summed E-state index contributed by atoms with van der Waals surface area (Å²) < 4.78 is 1.55. The minimum Gasteiger partial charge on any atom is -0.459 e. The number of hydrogen-bond acceptors (Lipinski definition) is 2. The molecule has 4 nitrogen and oxygen atoms in total. The van der Waals surface area contributed by atoms with Crippen molar-refractivity contribution < 1.29 is 14.5 Å². The van der Waals surface area contributed by atoms with Crippen molar-refractivity contribution in [3.63, 3.8) is 0 Å². The van der Waals surface area contributed by atoms with Crippen LogP contribution in [0.3, 0.4) is 0 Å². The van der Waals surface area contributed by atoms with Crippen LogP contribution in [0.25, 0.3) is 0 Å². The van der Waals surface area contributed by atoms with Crippen LogP contribution < -0.4 is 5.32 Å². The van der Waals surface area contributed by atoms with Gasteiger partial charge in [0.05, 0.1) is 6.54 Å². The zero-order valence-electron chi connectivity index (χ0n) is 10.4. The Bertz CT molecular complexity index is 543. The lowest BCUT2D eigenvalue weighted by molar-refractivity contribution is -0.477. The normalized spacial score (nSPS) is 23.4. The molecule has 1 atom stereocenters. The number of carbonyl (C=O) groups is 1. The maximum Gasteiger partial charge on any atom is 0.423 e. The van der Waals surface area contributed by atoms with Crippen LogP contribution in [0.5, 0.6) is 0 Å². The Labute approximate surface area is 106 Å². The number of aliphatic hydroxyl groups is 1. The van der Waals surface area contributed by atoms with E-state index in [0.29, 0.717) is 11.1 Å². The minimum absolute atomic E-state index is 0.0685. The molecular weight excluding hydrogens is 228 g/mol. The van der Waals surface area contributed by atoms with E-state index in [1.165, 1.54) is 0 Å². The maximum atomic E-state index is 12.3. The van der Waals surface area contributed by atoms with Crippen LogP contribution in [0.4, 0.5) is 0 Å². The zero-order chi connectivity index (χ0) is 12.7. The molecule has 0 radical (unpaired) electrons. The molecule has 0 bridgehead atoms. The highest BCUT2D eigenvalue weighted by molar-refractivity contribution is 6.09. The van der Waals surface area contributed by atoms with Crippen molar-refractivity contribution in [3.8, 4) is 0 Å². The third-order valence-corrected chi connectivity index (χ3v) is 3.73. The molecule has 18 heavy (non-hydrogen) atoms. The first-order chi connectivity index (χ1) is 8.68. The lowest BCUT2D eigenvalue weighted by atomic mass is 10.1. The summed E-state index contributed by atoms with van der Waals surface area (Å²) in [6.45, 7) is 3.71. The summed E-state index contributed by atoms with van der Waals surface area (Å²) in [5.74, 6) is 0.0450. The van der Waals surface area contributed by atoms with E-state index < -0.39 is 0 Å². The Morgan fingerprint density at radius 2 is 2.22 bits per heavy atom. The molecule has 2 heterocycles. The molecule has 1 saturated heterocycles. The Morgan fingerprint density at radius 1 is 1.39 bits per heavy atom. The third kappa shape index (κ3) is 1.64. The number of rotatable bonds is 1. The molecule has 0 spiro atoms. The summed E-state index contributed by atoms with van der Waals surface area (Å²) in [6, 6.07) is 5.66. The number of amides is 1. The van der Waals surface area contributed by atoms with Gasteiger partial charge in [-0.1, -0.05) is 11.6 Å². The third-order valence-electron chi connectivity index (χ3n) is 3.73. The van der Waals surface area contributed by atoms with Gasteiger partial charge in [-0.05, 0) is 32.0 Å². The van der Waals surface area contributed by atoms with Gasteiger partial charge in [0.15, 0.2) is 6.04 Å². The van der Waals surface area contributed by atoms with Crippen molar-refractivity contribution in [2.24, 2.45) is 0 Å². The van der Waals surface area contributed by atoms with E-state index in [-0.39, 0.29) is 17.8 Å². The van der Waals surface area contributed by atoms with Gasteiger partial charge in [-0.15, -0.1) is 4.58 Å². The molecule has 1 aromatic carbocycles. The van der Waals surface area contributed by atoms with Gasteiger partial charge in [-0.2, -0.15) is 0 Å². The Morgan fingerprint density at radius 3 is 2.94 bits per heavy atom. The average Bonchev–Trinajstić information content (AvgIpc) is 2.63. The van der Waals surface area contributed by atoms with Crippen LogP contribution in [-0.4, -0.2) is 40.6 Å². The second-order valence-corrected chi connectivity index (χ2v) is 5.05. The summed E-state index contributed by atoms with van der Waals surface area (Å²) in [5, 5.41) is 13.6. The summed E-state index contributed by atoms with van der Waals surface area (Å²) in [7, 11) is 0. The molecule has 1 amide bonds. The molecule has 3 rings (SSSR count). The largest absolute Gasteiger partial charge is 0.459 e. The molecule has 2 aliphatic rings. The summed E-state index contributed by atoms with van der Waals surface area (Å²) in [6.07, 6.45) is 1.98. The topological polar surface area (TPSA) is 52.3 Å². The Hall–Kier alpha value is -1.68. The highest BCUT2D eigenvalue weighted by atomic mass is 16.3. The van der Waals surface area contributed by atoms with Gasteiger partial charge < -0.3 is 10.4 Å². The van der Waals surface area contributed by atoms with Crippen LogP contribution in [-0.2, 0) is 0 Å². The van der Waals surface area contributed by atoms with Crippen LogP contribution in [0.2, 0.25) is 0 Å². The molecule has 1 aromatic rings. The summed E-state index contributed by atoms with van der Waals surface area (Å²) >= 11 is 0.